The molecule has 0 aliphatic heterocycles. The van der Waals surface area contributed by atoms with Crippen LogP contribution in [0.4, 0.5) is 0 Å². The Hall–Kier alpha value is -0.950. The Kier molecular flexibility index (Phi) is 8.57. The predicted molar refractivity (Wildman–Crippen MR) is 69.7 cm³/mol. The summed E-state index contributed by atoms with van der Waals surface area (Å²) in [5.74, 6) is -1.02. The maximum Gasteiger partial charge on any atom is 0.303 e. The molecular formula is C11H21NO5S. The van der Waals surface area contributed by atoms with Crippen molar-refractivity contribution in [1.29, 1.82) is 0 Å². The van der Waals surface area contributed by atoms with Crippen LogP contribution in [0.5, 0.6) is 0 Å². The van der Waals surface area contributed by atoms with Crippen molar-refractivity contribution in [3.05, 3.63) is 0 Å². The molecule has 0 atom stereocenters. The second-order valence-corrected chi connectivity index (χ2v) is 5.78. The van der Waals surface area contributed by atoms with E-state index in [4.69, 9.17) is 9.66 Å². The fraction of sp³-hybridized carbons (Fsp3) is 0.818. The van der Waals surface area contributed by atoms with Crippen LogP contribution in [-0.2, 0) is 14.9 Å². The molecule has 0 saturated carbocycles. The highest BCUT2D eigenvalue weighted by molar-refractivity contribution is 7.85. The minimum Gasteiger partial charge on any atom is -0.481 e. The van der Waals surface area contributed by atoms with E-state index in [1.54, 1.807) is 0 Å². The summed E-state index contributed by atoms with van der Waals surface area (Å²) >= 11 is 0. The van der Waals surface area contributed by atoms with Crippen LogP contribution in [0, 0.1) is 0 Å². The molecule has 0 aromatic rings. The number of nitrogens with zero attached hydrogens (tertiary/aromatic N) is 1. The first kappa shape index (κ1) is 17.1. The van der Waals surface area contributed by atoms with Gasteiger partial charge in [0, 0.05) is 18.7 Å². The molecule has 7 heteroatoms. The number of aliphatic carboxylic acids is 1. The SMILES string of the molecule is C/C(CCCS(=O)(=O)O)=N\CCCCCC(=O)O. The van der Waals surface area contributed by atoms with Crippen LogP contribution in [0.15, 0.2) is 4.99 Å². The van der Waals surface area contributed by atoms with Gasteiger partial charge in [-0.3, -0.25) is 14.3 Å². The molecule has 0 saturated heterocycles. The van der Waals surface area contributed by atoms with Crippen LogP contribution in [0.25, 0.3) is 0 Å². The molecule has 0 aromatic heterocycles. The molecular weight excluding hydrogens is 258 g/mol. The molecule has 0 radical (unpaired) electrons. The first-order chi connectivity index (χ1) is 8.31. The van der Waals surface area contributed by atoms with Crippen molar-refractivity contribution in [2.24, 2.45) is 4.99 Å². The van der Waals surface area contributed by atoms with Gasteiger partial charge in [-0.25, -0.2) is 0 Å². The second-order valence-electron chi connectivity index (χ2n) is 4.21. The van der Waals surface area contributed by atoms with Crippen molar-refractivity contribution < 1.29 is 22.9 Å². The lowest BCUT2D eigenvalue weighted by Crippen LogP contribution is -2.05. The van der Waals surface area contributed by atoms with Crippen LogP contribution in [-0.4, -0.2) is 42.1 Å². The molecule has 0 heterocycles. The van der Waals surface area contributed by atoms with E-state index in [1.165, 1.54) is 0 Å². The smallest absolute Gasteiger partial charge is 0.303 e. The van der Waals surface area contributed by atoms with Gasteiger partial charge in [-0.2, -0.15) is 8.42 Å². The van der Waals surface area contributed by atoms with E-state index in [1.807, 2.05) is 6.92 Å². The summed E-state index contributed by atoms with van der Waals surface area (Å²) in [4.78, 5) is 14.5. The standard InChI is InChI=1S/C11H21NO5S/c1-10(6-5-9-18(15,16)17)12-8-4-2-3-7-11(13)14/h2-9H2,1H3,(H,13,14)(H,15,16,17)/b12-10+. The number of hydrogen-bond donors (Lipinski definition) is 2. The zero-order valence-corrected chi connectivity index (χ0v) is 11.4. The third-order valence-corrected chi connectivity index (χ3v) is 3.18. The number of hydrogen-bond acceptors (Lipinski definition) is 4. The molecule has 0 rings (SSSR count). The van der Waals surface area contributed by atoms with Gasteiger partial charge in [0.1, 0.15) is 0 Å². The number of carboxylic acids is 1. The maximum atomic E-state index is 10.5. The molecule has 2 N–H and O–H groups in total. The first-order valence-corrected chi connectivity index (χ1v) is 7.59. The highest BCUT2D eigenvalue weighted by Crippen LogP contribution is 2.02. The molecule has 0 spiro atoms. The van der Waals surface area contributed by atoms with Crippen LogP contribution in [0.1, 0.15) is 45.4 Å². The summed E-state index contributed by atoms with van der Waals surface area (Å²) in [6.45, 7) is 2.46. The van der Waals surface area contributed by atoms with Crippen molar-refractivity contribution in [3.8, 4) is 0 Å². The van der Waals surface area contributed by atoms with E-state index in [0.29, 0.717) is 25.8 Å². The van der Waals surface area contributed by atoms with Gasteiger partial charge in [0.25, 0.3) is 10.1 Å². The van der Waals surface area contributed by atoms with Gasteiger partial charge in [-0.1, -0.05) is 6.42 Å². The predicted octanol–water partition coefficient (Wildman–Crippen LogP) is 1.76. The van der Waals surface area contributed by atoms with Gasteiger partial charge in [-0.15, -0.1) is 0 Å². The molecule has 0 aliphatic carbocycles. The van der Waals surface area contributed by atoms with Crippen LogP contribution in [0.3, 0.4) is 0 Å². The summed E-state index contributed by atoms with van der Waals surface area (Å²) in [5.41, 5.74) is 0.858. The largest absolute Gasteiger partial charge is 0.481 e. The van der Waals surface area contributed by atoms with Crippen molar-refractivity contribution in [1.82, 2.24) is 0 Å². The topological polar surface area (TPSA) is 104 Å². The molecule has 0 unspecified atom stereocenters. The summed E-state index contributed by atoms with van der Waals surface area (Å²) < 4.78 is 29.5. The minimum absolute atomic E-state index is 0.192. The summed E-state index contributed by atoms with van der Waals surface area (Å²) in [5, 5.41) is 8.42. The number of rotatable bonds is 10. The normalized spacial score (nSPS) is 12.7. The Morgan fingerprint density at radius 2 is 1.78 bits per heavy atom. The van der Waals surface area contributed by atoms with Crippen molar-refractivity contribution >= 4 is 21.8 Å². The first-order valence-electron chi connectivity index (χ1n) is 5.98. The molecule has 18 heavy (non-hydrogen) atoms. The number of carbonyl (C=O) groups is 1. The molecule has 0 bridgehead atoms. The quantitative estimate of drug-likeness (QED) is 0.360. The summed E-state index contributed by atoms with van der Waals surface area (Å²) in [6.07, 6.45) is 3.43. The summed E-state index contributed by atoms with van der Waals surface area (Å²) in [7, 11) is -3.87. The lowest BCUT2D eigenvalue weighted by Gasteiger charge is -2.00. The molecule has 0 fully saturated rings. The summed E-state index contributed by atoms with van der Waals surface area (Å²) in [6, 6.07) is 0. The zero-order valence-electron chi connectivity index (χ0n) is 10.6. The van der Waals surface area contributed by atoms with E-state index in [-0.39, 0.29) is 12.2 Å². The number of unbranched alkanes of at least 4 members (excludes halogenated alkanes) is 2. The van der Waals surface area contributed by atoms with Gasteiger partial charge in [0.05, 0.1) is 5.75 Å². The number of aliphatic imine (C=N–C) groups is 1. The van der Waals surface area contributed by atoms with Crippen molar-refractivity contribution in [3.63, 3.8) is 0 Å². The molecule has 106 valence electrons. The maximum absolute atomic E-state index is 10.5. The molecule has 6 nitrogen and oxygen atoms in total. The Balaban J connectivity index is 3.56. The van der Waals surface area contributed by atoms with Gasteiger partial charge >= 0.3 is 5.97 Å². The Bertz CT molecular complexity index is 375. The Morgan fingerprint density at radius 1 is 1.11 bits per heavy atom. The Morgan fingerprint density at radius 3 is 2.33 bits per heavy atom. The van der Waals surface area contributed by atoms with Gasteiger partial charge < -0.3 is 5.11 Å². The number of carboxylic acid groups (broad SMARTS) is 1. The average molecular weight is 279 g/mol. The fourth-order valence-corrected chi connectivity index (χ4v) is 1.93. The second kappa shape index (κ2) is 9.04. The minimum atomic E-state index is -3.87. The van der Waals surface area contributed by atoms with E-state index < -0.39 is 16.1 Å². The van der Waals surface area contributed by atoms with Crippen LogP contribution >= 0.6 is 0 Å². The highest BCUT2D eigenvalue weighted by Gasteiger charge is 2.04. The zero-order chi connectivity index (χ0) is 14.0. The van der Waals surface area contributed by atoms with E-state index >= 15 is 0 Å². The van der Waals surface area contributed by atoms with Crippen molar-refractivity contribution in [2.45, 2.75) is 45.4 Å². The highest BCUT2D eigenvalue weighted by atomic mass is 32.2. The lowest BCUT2D eigenvalue weighted by atomic mass is 10.2. The van der Waals surface area contributed by atoms with Gasteiger partial charge in [0.2, 0.25) is 0 Å². The molecule has 0 aromatic carbocycles. The van der Waals surface area contributed by atoms with Crippen LogP contribution in [0.2, 0.25) is 0 Å². The van der Waals surface area contributed by atoms with Crippen LogP contribution < -0.4 is 0 Å². The fourth-order valence-electron chi connectivity index (χ4n) is 1.42. The molecule has 0 aliphatic rings. The van der Waals surface area contributed by atoms with E-state index in [2.05, 4.69) is 4.99 Å². The Labute approximate surface area is 108 Å². The van der Waals surface area contributed by atoms with Crippen molar-refractivity contribution in [2.75, 3.05) is 12.3 Å². The molecule has 0 amide bonds. The van der Waals surface area contributed by atoms with Gasteiger partial charge in [0.15, 0.2) is 0 Å². The third kappa shape index (κ3) is 13.1. The van der Waals surface area contributed by atoms with Gasteiger partial charge in [-0.05, 0) is 32.6 Å². The average Bonchev–Trinajstić information content (AvgIpc) is 2.20. The van der Waals surface area contributed by atoms with E-state index in [0.717, 1.165) is 18.6 Å². The lowest BCUT2D eigenvalue weighted by molar-refractivity contribution is -0.137. The van der Waals surface area contributed by atoms with E-state index in [9.17, 15) is 13.2 Å². The monoisotopic (exact) mass is 279 g/mol. The third-order valence-electron chi connectivity index (χ3n) is 2.37.